The third-order valence-electron chi connectivity index (χ3n) is 3.98. The first-order valence-corrected chi connectivity index (χ1v) is 6.11. The summed E-state index contributed by atoms with van der Waals surface area (Å²) in [5, 5.41) is 12.2. The van der Waals surface area contributed by atoms with Crippen molar-refractivity contribution < 1.29 is 14.7 Å². The molecule has 0 aliphatic heterocycles. The monoisotopic (exact) mass is 225 g/mol. The van der Waals surface area contributed by atoms with Crippen molar-refractivity contribution in [1.82, 2.24) is 5.32 Å². The summed E-state index contributed by atoms with van der Waals surface area (Å²) >= 11 is 0. The summed E-state index contributed by atoms with van der Waals surface area (Å²) in [5.41, 5.74) is -1.00. The van der Waals surface area contributed by atoms with Crippen LogP contribution in [0.15, 0.2) is 0 Å². The van der Waals surface area contributed by atoms with Crippen LogP contribution in [0.4, 0.5) is 0 Å². The van der Waals surface area contributed by atoms with E-state index in [4.69, 9.17) is 0 Å². The lowest BCUT2D eigenvalue weighted by Gasteiger charge is -2.39. The molecule has 2 unspecified atom stereocenters. The zero-order chi connectivity index (χ0) is 11.8. The smallest absolute Gasteiger partial charge is 0.329 e. The van der Waals surface area contributed by atoms with Crippen molar-refractivity contribution in [3.05, 3.63) is 0 Å². The summed E-state index contributed by atoms with van der Waals surface area (Å²) in [6, 6.07) is 0. The second kappa shape index (κ2) is 4.07. The molecule has 1 amide bonds. The lowest BCUT2D eigenvalue weighted by Crippen LogP contribution is -2.60. The van der Waals surface area contributed by atoms with Crippen LogP contribution in [0.1, 0.15) is 45.4 Å². The summed E-state index contributed by atoms with van der Waals surface area (Å²) in [4.78, 5) is 23.2. The van der Waals surface area contributed by atoms with Crippen molar-refractivity contribution in [1.29, 1.82) is 0 Å². The van der Waals surface area contributed by atoms with E-state index < -0.39 is 11.5 Å². The summed E-state index contributed by atoms with van der Waals surface area (Å²) in [6.07, 6.45) is 5.24. The van der Waals surface area contributed by atoms with Gasteiger partial charge in [-0.3, -0.25) is 4.79 Å². The molecule has 2 N–H and O–H groups in total. The Morgan fingerprint density at radius 1 is 1.25 bits per heavy atom. The number of carbonyl (C=O) groups excluding carboxylic acids is 1. The molecule has 2 saturated carbocycles. The third kappa shape index (κ3) is 1.93. The molecule has 0 aromatic rings. The van der Waals surface area contributed by atoms with Crippen molar-refractivity contribution in [3.8, 4) is 0 Å². The van der Waals surface area contributed by atoms with E-state index in [-0.39, 0.29) is 17.7 Å². The highest BCUT2D eigenvalue weighted by molar-refractivity contribution is 5.89. The van der Waals surface area contributed by atoms with Crippen molar-refractivity contribution in [2.24, 2.45) is 11.8 Å². The second-order valence-electron chi connectivity index (χ2n) is 5.19. The Morgan fingerprint density at radius 2 is 1.94 bits per heavy atom. The average Bonchev–Trinajstić information content (AvgIpc) is 3.04. The van der Waals surface area contributed by atoms with E-state index in [0.29, 0.717) is 6.42 Å². The maximum absolute atomic E-state index is 11.8. The van der Waals surface area contributed by atoms with E-state index in [1.54, 1.807) is 0 Å². The Kier molecular flexibility index (Phi) is 2.91. The Labute approximate surface area is 95.4 Å². The van der Waals surface area contributed by atoms with Gasteiger partial charge in [-0.05, 0) is 31.6 Å². The molecular weight excluding hydrogens is 206 g/mol. The largest absolute Gasteiger partial charge is 0.479 e. The zero-order valence-electron chi connectivity index (χ0n) is 9.66. The number of hydrogen-bond donors (Lipinski definition) is 2. The fraction of sp³-hybridized carbons (Fsp3) is 0.833. The third-order valence-corrected chi connectivity index (χ3v) is 3.98. The fourth-order valence-electron chi connectivity index (χ4n) is 2.57. The van der Waals surface area contributed by atoms with Crippen LogP contribution < -0.4 is 5.32 Å². The maximum atomic E-state index is 11.8. The lowest BCUT2D eigenvalue weighted by molar-refractivity contribution is -0.152. The molecule has 2 atom stereocenters. The number of nitrogens with one attached hydrogen (secondary N) is 1. The van der Waals surface area contributed by atoms with Gasteiger partial charge in [-0.25, -0.2) is 4.79 Å². The van der Waals surface area contributed by atoms with Crippen LogP contribution in [-0.4, -0.2) is 22.5 Å². The first kappa shape index (κ1) is 11.4. The standard InChI is InChI=1S/C12H19NO3/c1-8-4-2-3-7-12(8,11(15)16)13-10(14)9-5-6-9/h8-9H,2-7H2,1H3,(H,13,14)(H,15,16). The van der Waals surface area contributed by atoms with Gasteiger partial charge in [0.15, 0.2) is 0 Å². The molecule has 0 saturated heterocycles. The molecule has 2 aliphatic carbocycles. The molecule has 0 aromatic heterocycles. The molecule has 4 nitrogen and oxygen atoms in total. The number of carboxylic acid groups (broad SMARTS) is 1. The van der Waals surface area contributed by atoms with Crippen molar-refractivity contribution in [2.45, 2.75) is 51.0 Å². The highest BCUT2D eigenvalue weighted by Gasteiger charge is 2.48. The molecule has 4 heteroatoms. The molecule has 2 rings (SSSR count). The Hall–Kier alpha value is -1.06. The minimum atomic E-state index is -1.00. The van der Waals surface area contributed by atoms with Gasteiger partial charge in [-0.15, -0.1) is 0 Å². The number of amides is 1. The predicted octanol–water partition coefficient (Wildman–Crippen LogP) is 1.55. The van der Waals surface area contributed by atoms with Gasteiger partial charge in [-0.1, -0.05) is 19.8 Å². The number of aliphatic carboxylic acids is 1. The van der Waals surface area contributed by atoms with E-state index in [9.17, 15) is 14.7 Å². The van der Waals surface area contributed by atoms with E-state index in [1.165, 1.54) is 0 Å². The topological polar surface area (TPSA) is 66.4 Å². The second-order valence-corrected chi connectivity index (χ2v) is 5.19. The number of carboxylic acids is 1. The molecule has 90 valence electrons. The molecule has 0 heterocycles. The number of hydrogen-bond acceptors (Lipinski definition) is 2. The van der Waals surface area contributed by atoms with Gasteiger partial charge in [0.1, 0.15) is 5.54 Å². The molecule has 0 bridgehead atoms. The molecule has 0 aromatic carbocycles. The van der Waals surface area contributed by atoms with Crippen LogP contribution in [-0.2, 0) is 9.59 Å². The SMILES string of the molecule is CC1CCCCC1(NC(=O)C1CC1)C(=O)O. The van der Waals surface area contributed by atoms with Crippen LogP contribution in [0.5, 0.6) is 0 Å². The van der Waals surface area contributed by atoms with Crippen LogP contribution in [0.25, 0.3) is 0 Å². The van der Waals surface area contributed by atoms with Crippen LogP contribution in [0.2, 0.25) is 0 Å². The maximum Gasteiger partial charge on any atom is 0.329 e. The highest BCUT2D eigenvalue weighted by atomic mass is 16.4. The van der Waals surface area contributed by atoms with Crippen molar-refractivity contribution >= 4 is 11.9 Å². The molecule has 2 fully saturated rings. The Morgan fingerprint density at radius 3 is 2.44 bits per heavy atom. The van der Waals surface area contributed by atoms with Gasteiger partial charge in [0, 0.05) is 5.92 Å². The molecule has 0 spiro atoms. The van der Waals surface area contributed by atoms with Gasteiger partial charge >= 0.3 is 5.97 Å². The lowest BCUT2D eigenvalue weighted by atomic mass is 9.73. The molecule has 0 radical (unpaired) electrons. The van der Waals surface area contributed by atoms with Crippen molar-refractivity contribution in [2.75, 3.05) is 0 Å². The summed E-state index contributed by atoms with van der Waals surface area (Å²) in [5.74, 6) is -0.823. The van der Waals surface area contributed by atoms with E-state index in [0.717, 1.165) is 32.1 Å². The molecule has 16 heavy (non-hydrogen) atoms. The summed E-state index contributed by atoms with van der Waals surface area (Å²) in [7, 11) is 0. The fourth-order valence-corrected chi connectivity index (χ4v) is 2.57. The normalized spacial score (nSPS) is 34.4. The Balaban J connectivity index is 2.13. The summed E-state index contributed by atoms with van der Waals surface area (Å²) < 4.78 is 0. The first-order chi connectivity index (χ1) is 7.56. The summed E-state index contributed by atoms with van der Waals surface area (Å²) in [6.45, 7) is 1.93. The van der Waals surface area contributed by atoms with Crippen molar-refractivity contribution in [3.63, 3.8) is 0 Å². The molecule has 2 aliphatic rings. The van der Waals surface area contributed by atoms with Gasteiger partial charge in [0.25, 0.3) is 0 Å². The first-order valence-electron chi connectivity index (χ1n) is 6.11. The molecular formula is C12H19NO3. The van der Waals surface area contributed by atoms with Crippen LogP contribution in [0, 0.1) is 11.8 Å². The minimum absolute atomic E-state index is 0.0291. The van der Waals surface area contributed by atoms with Gasteiger partial charge < -0.3 is 10.4 Å². The minimum Gasteiger partial charge on any atom is -0.479 e. The van der Waals surface area contributed by atoms with Crippen LogP contribution >= 0.6 is 0 Å². The van der Waals surface area contributed by atoms with E-state index in [2.05, 4.69) is 5.32 Å². The predicted molar refractivity (Wildman–Crippen MR) is 58.9 cm³/mol. The van der Waals surface area contributed by atoms with Gasteiger partial charge in [0.05, 0.1) is 0 Å². The number of carbonyl (C=O) groups is 2. The average molecular weight is 225 g/mol. The Bertz CT molecular complexity index is 311. The van der Waals surface area contributed by atoms with Gasteiger partial charge in [-0.2, -0.15) is 0 Å². The van der Waals surface area contributed by atoms with Crippen LogP contribution in [0.3, 0.4) is 0 Å². The quantitative estimate of drug-likeness (QED) is 0.765. The van der Waals surface area contributed by atoms with E-state index in [1.807, 2.05) is 6.92 Å². The zero-order valence-corrected chi connectivity index (χ0v) is 9.66. The van der Waals surface area contributed by atoms with E-state index >= 15 is 0 Å². The number of rotatable bonds is 3. The highest BCUT2D eigenvalue weighted by Crippen LogP contribution is 2.36. The van der Waals surface area contributed by atoms with Gasteiger partial charge in [0.2, 0.25) is 5.91 Å².